The summed E-state index contributed by atoms with van der Waals surface area (Å²) in [5.74, 6) is 0. The minimum absolute atomic E-state index is 0.541. The first-order chi connectivity index (χ1) is 3.80. The normalized spacial score (nSPS) is 9.00. The third-order valence-electron chi connectivity index (χ3n) is 0.892. The summed E-state index contributed by atoms with van der Waals surface area (Å²) in [7, 11) is 0. The minimum Gasteiger partial charge on any atom is -0.472 e. The van der Waals surface area contributed by atoms with Crippen LogP contribution in [0.25, 0.3) is 5.70 Å². The standard InChI is InChI=1S/C6H7NO/c1-5(7)6-2-3-8-4-6/h2-4H,1,7H2. The van der Waals surface area contributed by atoms with Crippen LogP contribution in [-0.4, -0.2) is 0 Å². The third-order valence-corrected chi connectivity index (χ3v) is 0.892. The van der Waals surface area contributed by atoms with Gasteiger partial charge in [0.2, 0.25) is 0 Å². The van der Waals surface area contributed by atoms with Crippen LogP contribution < -0.4 is 5.73 Å². The highest BCUT2D eigenvalue weighted by Crippen LogP contribution is 2.04. The lowest BCUT2D eigenvalue weighted by atomic mass is 10.3. The van der Waals surface area contributed by atoms with E-state index in [1.807, 2.05) is 0 Å². The summed E-state index contributed by atoms with van der Waals surface area (Å²) in [6, 6.07) is 1.77. The van der Waals surface area contributed by atoms with E-state index < -0.39 is 0 Å². The Labute approximate surface area is 47.6 Å². The second-order valence-electron chi connectivity index (χ2n) is 1.54. The molecule has 2 N–H and O–H groups in total. The van der Waals surface area contributed by atoms with Crippen LogP contribution in [0.15, 0.2) is 29.6 Å². The van der Waals surface area contributed by atoms with Gasteiger partial charge in [0.15, 0.2) is 0 Å². The van der Waals surface area contributed by atoms with Crippen LogP contribution in [0, 0.1) is 0 Å². The number of hydrogen-bond acceptors (Lipinski definition) is 2. The van der Waals surface area contributed by atoms with Gasteiger partial charge in [-0.15, -0.1) is 0 Å². The highest BCUT2D eigenvalue weighted by molar-refractivity contribution is 5.58. The molecule has 1 aromatic rings. The molecule has 1 heterocycles. The van der Waals surface area contributed by atoms with Gasteiger partial charge in [-0.2, -0.15) is 0 Å². The van der Waals surface area contributed by atoms with Gasteiger partial charge in [-0.05, 0) is 6.07 Å². The largest absolute Gasteiger partial charge is 0.472 e. The average Bonchev–Trinajstić information content (AvgIpc) is 2.12. The molecule has 0 amide bonds. The SMILES string of the molecule is C=C(N)c1ccoc1. The molecule has 0 aromatic carbocycles. The fourth-order valence-corrected chi connectivity index (χ4v) is 0.447. The highest BCUT2D eigenvalue weighted by atomic mass is 16.3. The molecule has 0 fully saturated rings. The van der Waals surface area contributed by atoms with Crippen molar-refractivity contribution in [1.29, 1.82) is 0 Å². The van der Waals surface area contributed by atoms with Crippen LogP contribution in [0.1, 0.15) is 5.56 Å². The summed E-state index contributed by atoms with van der Waals surface area (Å²) >= 11 is 0. The van der Waals surface area contributed by atoms with Gasteiger partial charge in [0, 0.05) is 11.3 Å². The summed E-state index contributed by atoms with van der Waals surface area (Å²) in [6.07, 6.45) is 3.12. The molecule has 0 unspecified atom stereocenters. The molecule has 0 spiro atoms. The van der Waals surface area contributed by atoms with E-state index >= 15 is 0 Å². The van der Waals surface area contributed by atoms with E-state index in [9.17, 15) is 0 Å². The van der Waals surface area contributed by atoms with Gasteiger partial charge in [0.1, 0.15) is 0 Å². The molecule has 0 radical (unpaired) electrons. The van der Waals surface area contributed by atoms with Crippen LogP contribution in [0.3, 0.4) is 0 Å². The summed E-state index contributed by atoms with van der Waals surface area (Å²) in [4.78, 5) is 0. The summed E-state index contributed by atoms with van der Waals surface area (Å²) in [5.41, 5.74) is 6.70. The smallest absolute Gasteiger partial charge is 0.0995 e. The maximum absolute atomic E-state index is 5.30. The van der Waals surface area contributed by atoms with Gasteiger partial charge in [-0.25, -0.2) is 0 Å². The van der Waals surface area contributed by atoms with E-state index in [2.05, 4.69) is 6.58 Å². The van der Waals surface area contributed by atoms with E-state index in [0.29, 0.717) is 5.70 Å². The van der Waals surface area contributed by atoms with E-state index in [-0.39, 0.29) is 0 Å². The summed E-state index contributed by atoms with van der Waals surface area (Å²) in [5, 5.41) is 0. The van der Waals surface area contributed by atoms with Gasteiger partial charge in [-0.1, -0.05) is 6.58 Å². The molecule has 8 heavy (non-hydrogen) atoms. The first kappa shape index (κ1) is 4.97. The van der Waals surface area contributed by atoms with Crippen LogP contribution in [0.5, 0.6) is 0 Å². The van der Waals surface area contributed by atoms with E-state index in [1.54, 1.807) is 18.6 Å². The monoisotopic (exact) mass is 109 g/mol. The van der Waals surface area contributed by atoms with E-state index in [0.717, 1.165) is 5.56 Å². The van der Waals surface area contributed by atoms with Crippen molar-refractivity contribution in [2.24, 2.45) is 5.73 Å². The van der Waals surface area contributed by atoms with Gasteiger partial charge >= 0.3 is 0 Å². The molecule has 0 aliphatic rings. The molecule has 0 atom stereocenters. The predicted molar refractivity (Wildman–Crippen MR) is 31.9 cm³/mol. The topological polar surface area (TPSA) is 39.2 Å². The average molecular weight is 109 g/mol. The van der Waals surface area contributed by atoms with Crippen LogP contribution >= 0.6 is 0 Å². The Hall–Kier alpha value is -1.18. The fraction of sp³-hybridized carbons (Fsp3) is 0. The molecular weight excluding hydrogens is 102 g/mol. The molecular formula is C6H7NO. The maximum atomic E-state index is 5.30. The number of hydrogen-bond donors (Lipinski definition) is 1. The summed E-state index contributed by atoms with van der Waals surface area (Å²) in [6.45, 7) is 3.52. The van der Waals surface area contributed by atoms with Gasteiger partial charge < -0.3 is 10.2 Å². The van der Waals surface area contributed by atoms with Gasteiger partial charge in [0.25, 0.3) is 0 Å². The lowest BCUT2D eigenvalue weighted by Gasteiger charge is -1.86. The molecule has 0 bridgehead atoms. The molecule has 2 heteroatoms. The van der Waals surface area contributed by atoms with Crippen molar-refractivity contribution >= 4 is 5.70 Å². The number of furan rings is 1. The Kier molecular flexibility index (Phi) is 1.08. The Morgan fingerprint density at radius 2 is 2.50 bits per heavy atom. The van der Waals surface area contributed by atoms with Crippen LogP contribution in [0.2, 0.25) is 0 Å². The van der Waals surface area contributed by atoms with Crippen molar-refractivity contribution < 1.29 is 4.42 Å². The summed E-state index contributed by atoms with van der Waals surface area (Å²) < 4.78 is 4.73. The fourth-order valence-electron chi connectivity index (χ4n) is 0.447. The lowest BCUT2D eigenvalue weighted by Crippen LogP contribution is -1.89. The molecule has 2 nitrogen and oxygen atoms in total. The van der Waals surface area contributed by atoms with Crippen molar-refractivity contribution in [2.75, 3.05) is 0 Å². The van der Waals surface area contributed by atoms with E-state index in [1.165, 1.54) is 0 Å². The van der Waals surface area contributed by atoms with Crippen molar-refractivity contribution in [1.82, 2.24) is 0 Å². The highest BCUT2D eigenvalue weighted by Gasteiger charge is 1.90. The second kappa shape index (κ2) is 1.74. The van der Waals surface area contributed by atoms with Crippen molar-refractivity contribution in [2.45, 2.75) is 0 Å². The molecule has 0 saturated heterocycles. The van der Waals surface area contributed by atoms with Gasteiger partial charge in [-0.3, -0.25) is 0 Å². The van der Waals surface area contributed by atoms with Crippen molar-refractivity contribution in [3.05, 3.63) is 30.7 Å². The number of rotatable bonds is 1. The zero-order valence-electron chi connectivity index (χ0n) is 4.42. The second-order valence-corrected chi connectivity index (χ2v) is 1.54. The zero-order chi connectivity index (χ0) is 5.98. The first-order valence-corrected chi connectivity index (χ1v) is 2.27. The Morgan fingerprint density at radius 3 is 2.75 bits per heavy atom. The molecule has 0 saturated carbocycles. The zero-order valence-corrected chi connectivity index (χ0v) is 4.42. The minimum atomic E-state index is 0.541. The molecule has 42 valence electrons. The molecule has 1 aromatic heterocycles. The van der Waals surface area contributed by atoms with E-state index in [4.69, 9.17) is 10.2 Å². The third kappa shape index (κ3) is 0.729. The van der Waals surface area contributed by atoms with Crippen LogP contribution in [0.4, 0.5) is 0 Å². The predicted octanol–water partition coefficient (Wildman–Crippen LogP) is 1.21. The van der Waals surface area contributed by atoms with Crippen LogP contribution in [-0.2, 0) is 0 Å². The molecule has 0 aliphatic heterocycles. The Bertz CT molecular complexity index is 176. The lowest BCUT2D eigenvalue weighted by molar-refractivity contribution is 0.566. The quantitative estimate of drug-likeness (QED) is 0.588. The Balaban J connectivity index is 2.93. The Morgan fingerprint density at radius 1 is 1.75 bits per heavy atom. The van der Waals surface area contributed by atoms with Gasteiger partial charge in [0.05, 0.1) is 12.5 Å². The van der Waals surface area contributed by atoms with Crippen molar-refractivity contribution in [3.63, 3.8) is 0 Å². The van der Waals surface area contributed by atoms with Crippen molar-refractivity contribution in [3.8, 4) is 0 Å². The first-order valence-electron chi connectivity index (χ1n) is 2.27. The maximum Gasteiger partial charge on any atom is 0.0995 e. The number of nitrogens with two attached hydrogens (primary N) is 1. The molecule has 0 aliphatic carbocycles. The molecule has 1 rings (SSSR count).